The van der Waals surface area contributed by atoms with E-state index in [2.05, 4.69) is 0 Å². The van der Waals surface area contributed by atoms with E-state index < -0.39 is 41.2 Å². The first-order valence-corrected chi connectivity index (χ1v) is 20.1. The summed E-state index contributed by atoms with van der Waals surface area (Å²) in [6.45, 7) is 0.0640. The van der Waals surface area contributed by atoms with Gasteiger partial charge in [-0.2, -0.15) is 28.1 Å². The van der Waals surface area contributed by atoms with Gasteiger partial charge in [0.05, 0.1) is 42.4 Å². The van der Waals surface area contributed by atoms with E-state index in [-0.39, 0.29) is 43.6 Å². The van der Waals surface area contributed by atoms with Crippen molar-refractivity contribution in [2.24, 2.45) is 0 Å². The monoisotopic (exact) mass is 892 g/mol. The fraction of sp³-hybridized carbons (Fsp3) is 0.224. The molecule has 0 aromatic heterocycles. The van der Waals surface area contributed by atoms with Gasteiger partial charge in [0.25, 0.3) is 0 Å². The number of ether oxygens (including phenoxy) is 6. The fourth-order valence-corrected chi connectivity index (χ4v) is 5.86. The van der Waals surface area contributed by atoms with Crippen LogP contribution in [0.5, 0.6) is 23.0 Å². The third kappa shape index (κ3) is 15.4. The number of rotatable bonds is 23. The van der Waals surface area contributed by atoms with E-state index in [0.717, 1.165) is 12.2 Å². The van der Waals surface area contributed by atoms with Crippen LogP contribution in [0.1, 0.15) is 59.4 Å². The average Bonchev–Trinajstić information content (AvgIpc) is 3.29. The summed E-state index contributed by atoms with van der Waals surface area (Å²) in [6.07, 6.45) is -0.523. The normalized spacial score (nSPS) is 11.5. The molecule has 5 aromatic carbocycles. The van der Waals surface area contributed by atoms with Gasteiger partial charge < -0.3 is 39.9 Å². The van der Waals surface area contributed by atoms with E-state index in [0.29, 0.717) is 59.6 Å². The maximum atomic E-state index is 14.9. The van der Waals surface area contributed by atoms with Gasteiger partial charge in [0.2, 0.25) is 0 Å². The zero-order valence-electron chi connectivity index (χ0n) is 34.8. The molecular formula is C49H44F4N4O8. The lowest BCUT2D eigenvalue weighted by Crippen LogP contribution is -2.21. The van der Waals surface area contributed by atoms with Crippen LogP contribution in [0.4, 0.5) is 28.9 Å². The van der Waals surface area contributed by atoms with Crippen LogP contribution in [-0.4, -0.2) is 38.4 Å². The molecule has 0 heterocycles. The number of nitrogens with two attached hydrogens (primary N) is 2. The van der Waals surface area contributed by atoms with Crippen LogP contribution in [0, 0.1) is 22.7 Å². The van der Waals surface area contributed by atoms with Gasteiger partial charge in [-0.15, -0.1) is 0 Å². The summed E-state index contributed by atoms with van der Waals surface area (Å²) in [5.74, 6) is -1.69. The summed E-state index contributed by atoms with van der Waals surface area (Å²) in [4.78, 5) is 25.5. The third-order valence-corrected chi connectivity index (χ3v) is 9.26. The molecule has 16 heteroatoms. The van der Waals surface area contributed by atoms with Crippen LogP contribution < -0.4 is 30.4 Å². The van der Waals surface area contributed by atoms with Gasteiger partial charge in [-0.05, 0) is 127 Å². The molecule has 5 aromatic rings. The Morgan fingerprint density at radius 2 is 0.985 bits per heavy atom. The van der Waals surface area contributed by atoms with Crippen molar-refractivity contribution < 1.29 is 55.6 Å². The second-order valence-corrected chi connectivity index (χ2v) is 14.2. The number of hydrogen-bond acceptors (Lipinski definition) is 12. The second-order valence-electron chi connectivity index (χ2n) is 14.2. The zero-order valence-corrected chi connectivity index (χ0v) is 34.8. The molecular weight excluding hydrogens is 849 g/mol. The first-order valence-electron chi connectivity index (χ1n) is 20.1. The number of esters is 2. The van der Waals surface area contributed by atoms with Gasteiger partial charge in [0.15, 0.2) is 0 Å². The standard InChI is InChI=1S/C49H44F4N4O8/c50-48(51,37-11-20-40(21-12-37)60-29-3-1-27-54)64-42-16-5-34(6-17-42)9-25-46(58)62-32-36(44-24-15-39(56)31-45(44)57)33-63-47(59)26-10-35-7-18-43(19-8-35)65-49(52,53)38-13-22-41(23-14-38)61-30-4-2-28-55/h5-26,31,36H,1-4,29-30,32-33,56-57H2/b25-9+,26-10+. The van der Waals surface area contributed by atoms with Crippen molar-refractivity contribution in [1.82, 2.24) is 0 Å². The SMILES string of the molecule is N#CCCCOc1ccc(C(F)(F)Oc2ccc(/C=C/C(=O)OCC(COC(=O)/C=C/c3ccc(OC(F)(F)c4ccc(OCCCC#N)cc4)cc3)c3ccc(N)cc3N)cc2)cc1. The summed E-state index contributed by atoms with van der Waals surface area (Å²) in [5.41, 5.74) is 13.4. The number of nitrogens with zero attached hydrogens (tertiary/aromatic N) is 2. The smallest absolute Gasteiger partial charge is 0.426 e. The topological polar surface area (TPSA) is 189 Å². The quantitative estimate of drug-likeness (QED) is 0.0208. The molecule has 0 saturated heterocycles. The molecule has 0 saturated carbocycles. The van der Waals surface area contributed by atoms with Gasteiger partial charge in [0, 0.05) is 36.4 Å². The minimum Gasteiger partial charge on any atom is -0.494 e. The van der Waals surface area contributed by atoms with Crippen LogP contribution in [0.3, 0.4) is 0 Å². The van der Waals surface area contributed by atoms with Crippen molar-refractivity contribution in [1.29, 1.82) is 10.5 Å². The van der Waals surface area contributed by atoms with Crippen LogP contribution in [0.15, 0.2) is 127 Å². The maximum Gasteiger partial charge on any atom is 0.426 e. The molecule has 0 spiro atoms. The van der Waals surface area contributed by atoms with E-state index in [1.807, 2.05) is 12.1 Å². The molecule has 65 heavy (non-hydrogen) atoms. The predicted molar refractivity (Wildman–Crippen MR) is 233 cm³/mol. The summed E-state index contributed by atoms with van der Waals surface area (Å²) in [7, 11) is 0. The Kier molecular flexibility index (Phi) is 17.3. The van der Waals surface area contributed by atoms with Gasteiger partial charge >= 0.3 is 24.2 Å². The Morgan fingerprint density at radius 1 is 0.585 bits per heavy atom. The molecule has 0 unspecified atom stereocenters. The highest BCUT2D eigenvalue weighted by Gasteiger charge is 2.35. The van der Waals surface area contributed by atoms with Crippen molar-refractivity contribution in [2.75, 3.05) is 37.9 Å². The third-order valence-electron chi connectivity index (χ3n) is 9.26. The highest BCUT2D eigenvalue weighted by atomic mass is 19.3. The number of nitrogen functional groups attached to an aromatic ring is 2. The molecule has 0 radical (unpaired) electrons. The maximum absolute atomic E-state index is 14.9. The van der Waals surface area contributed by atoms with E-state index in [1.165, 1.54) is 115 Å². The molecule has 0 amide bonds. The molecule has 0 aliphatic carbocycles. The largest absolute Gasteiger partial charge is 0.494 e. The predicted octanol–water partition coefficient (Wildman–Crippen LogP) is 10.1. The van der Waals surface area contributed by atoms with E-state index in [1.54, 1.807) is 12.1 Å². The lowest BCUT2D eigenvalue weighted by atomic mass is 9.98. The molecule has 12 nitrogen and oxygen atoms in total. The van der Waals surface area contributed by atoms with Crippen LogP contribution >= 0.6 is 0 Å². The fourth-order valence-electron chi connectivity index (χ4n) is 5.86. The summed E-state index contributed by atoms with van der Waals surface area (Å²) >= 11 is 0. The highest BCUT2D eigenvalue weighted by molar-refractivity contribution is 5.87. The van der Waals surface area contributed by atoms with Crippen LogP contribution in [-0.2, 0) is 31.3 Å². The highest BCUT2D eigenvalue weighted by Crippen LogP contribution is 2.34. The van der Waals surface area contributed by atoms with Gasteiger partial charge in [-0.3, -0.25) is 0 Å². The number of carbonyl (C=O) groups excluding carboxylic acids is 2. The van der Waals surface area contributed by atoms with Gasteiger partial charge in [-0.1, -0.05) is 30.3 Å². The first-order chi connectivity index (χ1) is 31.2. The molecule has 336 valence electrons. The Labute approximate surface area is 372 Å². The lowest BCUT2D eigenvalue weighted by Gasteiger charge is -2.19. The molecule has 0 fully saturated rings. The van der Waals surface area contributed by atoms with Crippen molar-refractivity contribution in [3.05, 3.63) is 155 Å². The first kappa shape index (κ1) is 48.1. The number of carbonyl (C=O) groups is 2. The Hall–Kier alpha value is -7.98. The Morgan fingerprint density at radius 3 is 1.37 bits per heavy atom. The molecule has 4 N–H and O–H groups in total. The molecule has 0 bridgehead atoms. The number of halogens is 4. The minimum absolute atomic E-state index is 0.123. The second kappa shape index (κ2) is 23.5. The lowest BCUT2D eigenvalue weighted by molar-refractivity contribution is -0.186. The molecule has 0 aliphatic heterocycles. The average molecular weight is 893 g/mol. The summed E-state index contributed by atoms with van der Waals surface area (Å²) in [5, 5.41) is 17.2. The summed E-state index contributed by atoms with van der Waals surface area (Å²) in [6, 6.07) is 30.2. The van der Waals surface area contributed by atoms with Crippen molar-refractivity contribution in [3.8, 4) is 35.1 Å². The molecule has 0 aliphatic rings. The number of hydrogen-bond donors (Lipinski definition) is 2. The number of nitriles is 2. The number of alkyl halides is 4. The van der Waals surface area contributed by atoms with Gasteiger partial charge in [0.1, 0.15) is 36.2 Å². The van der Waals surface area contributed by atoms with Crippen molar-refractivity contribution >= 4 is 35.5 Å². The Bertz CT molecular complexity index is 2340. The summed E-state index contributed by atoms with van der Waals surface area (Å²) < 4.78 is 91.3. The van der Waals surface area contributed by atoms with Crippen molar-refractivity contribution in [2.45, 2.75) is 43.8 Å². The van der Waals surface area contributed by atoms with E-state index in [9.17, 15) is 27.2 Å². The zero-order chi connectivity index (χ0) is 46.7. The molecule has 5 rings (SSSR count). The van der Waals surface area contributed by atoms with Gasteiger partial charge in [-0.25, -0.2) is 9.59 Å². The number of anilines is 2. The van der Waals surface area contributed by atoms with Crippen LogP contribution in [0.25, 0.3) is 12.2 Å². The minimum atomic E-state index is -3.66. The number of unbranched alkanes of at least 4 members (excludes halogenated alkanes) is 2. The Balaban J connectivity index is 1.11. The van der Waals surface area contributed by atoms with Crippen LogP contribution in [0.2, 0.25) is 0 Å². The number of benzene rings is 5. The van der Waals surface area contributed by atoms with Crippen molar-refractivity contribution in [3.63, 3.8) is 0 Å². The van der Waals surface area contributed by atoms with E-state index >= 15 is 0 Å². The van der Waals surface area contributed by atoms with E-state index in [4.69, 9.17) is 50.4 Å². The molecule has 0 atom stereocenters.